The zero-order valence-electron chi connectivity index (χ0n) is 13.1. The normalized spacial score (nSPS) is 16.3. The maximum Gasteiger partial charge on any atom is 0.124 e. The highest BCUT2D eigenvalue weighted by atomic mass is 16.5. The van der Waals surface area contributed by atoms with Gasteiger partial charge in [-0.3, -0.25) is 0 Å². The van der Waals surface area contributed by atoms with E-state index < -0.39 is 0 Å². The van der Waals surface area contributed by atoms with Crippen LogP contribution in [0.15, 0.2) is 36.4 Å². The second-order valence-corrected chi connectivity index (χ2v) is 5.90. The zero-order chi connectivity index (χ0) is 16.4. The predicted octanol–water partition coefficient (Wildman–Crippen LogP) is 3.98. The molecule has 1 aliphatic carbocycles. The third kappa shape index (κ3) is 3.04. The summed E-state index contributed by atoms with van der Waals surface area (Å²) in [7, 11) is 0. The number of hydrogen-bond donors (Lipinski definition) is 2. The molecular formula is C19H19N3O. The van der Waals surface area contributed by atoms with Gasteiger partial charge in [0.15, 0.2) is 0 Å². The van der Waals surface area contributed by atoms with Gasteiger partial charge in [0.2, 0.25) is 0 Å². The van der Waals surface area contributed by atoms with Crippen molar-refractivity contribution in [3.8, 4) is 11.8 Å². The Morgan fingerprint density at radius 3 is 2.87 bits per heavy atom. The highest BCUT2D eigenvalue weighted by molar-refractivity contribution is 6.01. The smallest absolute Gasteiger partial charge is 0.124 e. The minimum atomic E-state index is -0.0194. The van der Waals surface area contributed by atoms with E-state index in [9.17, 15) is 0 Å². The van der Waals surface area contributed by atoms with E-state index in [4.69, 9.17) is 21.1 Å². The Morgan fingerprint density at radius 2 is 2.13 bits per heavy atom. The van der Waals surface area contributed by atoms with Gasteiger partial charge in [0.25, 0.3) is 0 Å². The van der Waals surface area contributed by atoms with Crippen LogP contribution in [0.3, 0.4) is 0 Å². The molecule has 3 N–H and O–H groups in total. The minimum absolute atomic E-state index is 0.0194. The highest BCUT2D eigenvalue weighted by Crippen LogP contribution is 2.34. The van der Waals surface area contributed by atoms with E-state index in [1.54, 1.807) is 13.0 Å². The van der Waals surface area contributed by atoms with E-state index >= 15 is 0 Å². The van der Waals surface area contributed by atoms with Crippen LogP contribution in [0.1, 0.15) is 48.1 Å². The van der Waals surface area contributed by atoms with Crippen molar-refractivity contribution >= 4 is 11.4 Å². The van der Waals surface area contributed by atoms with Crippen molar-refractivity contribution in [1.29, 1.82) is 10.7 Å². The van der Waals surface area contributed by atoms with Crippen molar-refractivity contribution < 1.29 is 4.74 Å². The molecule has 1 unspecified atom stereocenters. The second-order valence-electron chi connectivity index (χ2n) is 5.90. The van der Waals surface area contributed by atoms with Crippen LogP contribution >= 0.6 is 0 Å². The molecule has 0 amide bonds. The number of rotatable bonds is 3. The average Bonchev–Trinajstić information content (AvgIpc) is 2.56. The Hall–Kier alpha value is -2.80. The van der Waals surface area contributed by atoms with Crippen molar-refractivity contribution in [3.05, 3.63) is 58.7 Å². The first-order valence-electron chi connectivity index (χ1n) is 7.73. The van der Waals surface area contributed by atoms with E-state index in [1.165, 1.54) is 5.56 Å². The third-order valence-electron chi connectivity index (χ3n) is 4.24. The Morgan fingerprint density at radius 1 is 1.30 bits per heavy atom. The number of fused-ring (bicyclic) bond motifs is 1. The Kier molecular flexibility index (Phi) is 4.03. The first kappa shape index (κ1) is 15.1. The fraction of sp³-hybridized carbons (Fsp3) is 0.263. The largest absolute Gasteiger partial charge is 0.486 e. The quantitative estimate of drug-likeness (QED) is 0.664. The molecule has 116 valence electrons. The molecule has 4 nitrogen and oxygen atoms in total. The summed E-state index contributed by atoms with van der Waals surface area (Å²) in [5.41, 5.74) is 10.7. The zero-order valence-corrected chi connectivity index (χ0v) is 13.1. The molecule has 0 heterocycles. The van der Waals surface area contributed by atoms with Gasteiger partial charge in [-0.25, -0.2) is 0 Å². The Balaban J connectivity index is 1.89. The van der Waals surface area contributed by atoms with Crippen LogP contribution in [-0.4, -0.2) is 5.71 Å². The molecule has 2 aromatic rings. The number of nitrogen functional groups attached to an aromatic ring is 1. The number of anilines is 1. The van der Waals surface area contributed by atoms with Crippen LogP contribution in [0.4, 0.5) is 5.69 Å². The van der Waals surface area contributed by atoms with Gasteiger partial charge in [0, 0.05) is 17.0 Å². The summed E-state index contributed by atoms with van der Waals surface area (Å²) in [6.45, 7) is 1.72. The topological polar surface area (TPSA) is 82.9 Å². The maximum atomic E-state index is 9.04. The SMILES string of the molecule is CC(=N)c1cc(OC2CCCc3cc(C#N)ccc32)ccc1N. The van der Waals surface area contributed by atoms with Gasteiger partial charge in [-0.15, -0.1) is 0 Å². The lowest BCUT2D eigenvalue weighted by molar-refractivity contribution is 0.183. The number of hydrogen-bond acceptors (Lipinski definition) is 4. The summed E-state index contributed by atoms with van der Waals surface area (Å²) in [4.78, 5) is 0. The van der Waals surface area contributed by atoms with Gasteiger partial charge in [-0.2, -0.15) is 5.26 Å². The Labute approximate surface area is 136 Å². The number of nitriles is 1. The third-order valence-corrected chi connectivity index (χ3v) is 4.24. The van der Waals surface area contributed by atoms with Gasteiger partial charge in [0.1, 0.15) is 11.9 Å². The summed E-state index contributed by atoms with van der Waals surface area (Å²) in [6.07, 6.45) is 2.95. The van der Waals surface area contributed by atoms with E-state index in [1.807, 2.05) is 30.3 Å². The first-order valence-corrected chi connectivity index (χ1v) is 7.73. The molecule has 0 aliphatic heterocycles. The molecule has 1 aliphatic rings. The lowest BCUT2D eigenvalue weighted by atomic mass is 9.88. The van der Waals surface area contributed by atoms with Gasteiger partial charge in [0.05, 0.1) is 11.6 Å². The van der Waals surface area contributed by atoms with Crippen LogP contribution in [0.2, 0.25) is 0 Å². The number of nitrogens with two attached hydrogens (primary N) is 1. The molecule has 3 rings (SSSR count). The summed E-state index contributed by atoms with van der Waals surface area (Å²) < 4.78 is 6.17. The molecule has 2 aromatic carbocycles. The molecule has 0 saturated heterocycles. The second kappa shape index (κ2) is 6.13. The monoisotopic (exact) mass is 305 g/mol. The number of nitrogens with zero attached hydrogens (tertiary/aromatic N) is 1. The van der Waals surface area contributed by atoms with Crippen molar-refractivity contribution in [1.82, 2.24) is 0 Å². The maximum absolute atomic E-state index is 9.04. The average molecular weight is 305 g/mol. The van der Waals surface area contributed by atoms with Crippen LogP contribution in [0.5, 0.6) is 5.75 Å². The van der Waals surface area contributed by atoms with E-state index in [0.29, 0.717) is 22.5 Å². The van der Waals surface area contributed by atoms with Crippen LogP contribution < -0.4 is 10.5 Å². The van der Waals surface area contributed by atoms with Gasteiger partial charge < -0.3 is 15.9 Å². The molecule has 0 spiro atoms. The van der Waals surface area contributed by atoms with Crippen molar-refractivity contribution in [2.45, 2.75) is 32.3 Å². The van der Waals surface area contributed by atoms with Crippen molar-refractivity contribution in [2.75, 3.05) is 5.73 Å². The van der Waals surface area contributed by atoms with E-state index in [2.05, 4.69) is 6.07 Å². The van der Waals surface area contributed by atoms with Gasteiger partial charge in [-0.1, -0.05) is 6.07 Å². The number of nitrogens with one attached hydrogen (secondary N) is 1. The molecule has 0 saturated carbocycles. The molecule has 23 heavy (non-hydrogen) atoms. The molecule has 0 aromatic heterocycles. The standard InChI is InChI=1S/C19H19N3O/c1-12(21)17-10-15(6-8-18(17)22)23-19-4-2-3-14-9-13(11-20)5-7-16(14)19/h5-10,19,21H,2-4,22H2,1H3. The number of aryl methyl sites for hydroxylation is 1. The summed E-state index contributed by atoms with van der Waals surface area (Å²) in [6, 6.07) is 13.4. The lowest BCUT2D eigenvalue weighted by Crippen LogP contribution is -2.15. The van der Waals surface area contributed by atoms with E-state index in [-0.39, 0.29) is 6.10 Å². The van der Waals surface area contributed by atoms with Crippen LogP contribution in [0.25, 0.3) is 0 Å². The van der Waals surface area contributed by atoms with Crippen molar-refractivity contribution in [2.24, 2.45) is 0 Å². The van der Waals surface area contributed by atoms with Crippen molar-refractivity contribution in [3.63, 3.8) is 0 Å². The fourth-order valence-corrected chi connectivity index (χ4v) is 3.06. The van der Waals surface area contributed by atoms with Gasteiger partial charge >= 0.3 is 0 Å². The van der Waals surface area contributed by atoms with E-state index in [0.717, 1.165) is 30.6 Å². The lowest BCUT2D eigenvalue weighted by Gasteiger charge is -2.26. The fourth-order valence-electron chi connectivity index (χ4n) is 3.06. The molecule has 0 bridgehead atoms. The Bertz CT molecular complexity index is 805. The summed E-state index contributed by atoms with van der Waals surface area (Å²) in [5, 5.41) is 16.8. The highest BCUT2D eigenvalue weighted by Gasteiger charge is 2.22. The molecule has 1 atom stereocenters. The molecule has 0 radical (unpaired) electrons. The summed E-state index contributed by atoms with van der Waals surface area (Å²) in [5.74, 6) is 0.725. The molecule has 0 fully saturated rings. The number of ether oxygens (including phenoxy) is 1. The molecular weight excluding hydrogens is 286 g/mol. The van der Waals surface area contributed by atoms with Gasteiger partial charge in [-0.05, 0) is 67.6 Å². The van der Waals surface area contributed by atoms with Crippen LogP contribution in [0, 0.1) is 16.7 Å². The van der Waals surface area contributed by atoms with Crippen LogP contribution in [-0.2, 0) is 6.42 Å². The predicted molar refractivity (Wildman–Crippen MR) is 90.8 cm³/mol. The minimum Gasteiger partial charge on any atom is -0.486 e. The molecule has 4 heteroatoms. The first-order chi connectivity index (χ1) is 11.1. The summed E-state index contributed by atoms with van der Waals surface area (Å²) >= 11 is 0. The number of benzene rings is 2.